The maximum atomic E-state index is 10.9. The van der Waals surface area contributed by atoms with Crippen LogP contribution in [-0.4, -0.2) is 25.8 Å². The molecule has 0 spiro atoms. The molecule has 5 heteroatoms. The van der Waals surface area contributed by atoms with Crippen molar-refractivity contribution in [2.24, 2.45) is 5.92 Å². The molecule has 0 bridgehead atoms. The van der Waals surface area contributed by atoms with Crippen LogP contribution in [0.2, 0.25) is 0 Å². The van der Waals surface area contributed by atoms with Crippen LogP contribution < -0.4 is 0 Å². The van der Waals surface area contributed by atoms with Crippen molar-refractivity contribution >= 4 is 5.97 Å². The van der Waals surface area contributed by atoms with E-state index in [0.29, 0.717) is 18.9 Å². The third-order valence-electron chi connectivity index (χ3n) is 3.27. The lowest BCUT2D eigenvalue weighted by Gasteiger charge is -2.20. The number of carboxylic acids is 1. The first-order chi connectivity index (χ1) is 7.25. The molecule has 1 fully saturated rings. The van der Waals surface area contributed by atoms with Gasteiger partial charge in [-0.05, 0) is 19.3 Å². The van der Waals surface area contributed by atoms with Gasteiger partial charge in [-0.15, -0.1) is 10.2 Å². The van der Waals surface area contributed by atoms with E-state index in [0.717, 1.165) is 18.1 Å². The van der Waals surface area contributed by atoms with Crippen molar-refractivity contribution in [1.82, 2.24) is 14.8 Å². The summed E-state index contributed by atoms with van der Waals surface area (Å²) in [6.07, 6.45) is 3.79. The molecule has 1 aromatic rings. The van der Waals surface area contributed by atoms with Crippen LogP contribution in [0.3, 0.4) is 0 Å². The lowest BCUT2D eigenvalue weighted by molar-refractivity contribution is -0.142. The molecule has 1 aliphatic carbocycles. The van der Waals surface area contributed by atoms with Gasteiger partial charge in [-0.25, -0.2) is 0 Å². The molecule has 1 N–H and O–H groups in total. The van der Waals surface area contributed by atoms with Gasteiger partial charge in [-0.2, -0.15) is 0 Å². The molecule has 1 saturated carbocycles. The molecule has 0 amide bonds. The fourth-order valence-corrected chi connectivity index (χ4v) is 2.19. The summed E-state index contributed by atoms with van der Waals surface area (Å²) in [5.41, 5.74) is 0. The predicted molar refractivity (Wildman–Crippen MR) is 51.4 cm³/mol. The number of hydrogen-bond donors (Lipinski definition) is 1. The zero-order valence-corrected chi connectivity index (χ0v) is 8.39. The maximum absolute atomic E-state index is 10.9. The summed E-state index contributed by atoms with van der Waals surface area (Å²) in [6.45, 7) is 0.559. The number of rotatable bonds is 2. The fraction of sp³-hybridized carbons (Fsp3) is 0.700. The maximum Gasteiger partial charge on any atom is 0.308 e. The largest absolute Gasteiger partial charge is 0.481 e. The highest BCUT2D eigenvalue weighted by Crippen LogP contribution is 2.40. The van der Waals surface area contributed by atoms with Crippen LogP contribution in [0.25, 0.3) is 0 Å². The summed E-state index contributed by atoms with van der Waals surface area (Å²) in [7, 11) is 0. The second-order valence-electron chi connectivity index (χ2n) is 4.43. The summed E-state index contributed by atoms with van der Waals surface area (Å²) in [5, 5.41) is 17.3. The van der Waals surface area contributed by atoms with E-state index in [1.807, 2.05) is 4.57 Å². The minimum absolute atomic E-state index is 0.258. The first kappa shape index (κ1) is 8.88. The fourth-order valence-electron chi connectivity index (χ4n) is 2.19. The van der Waals surface area contributed by atoms with Crippen LogP contribution in [-0.2, 0) is 17.8 Å². The van der Waals surface area contributed by atoms with Crippen LogP contribution in [0.4, 0.5) is 0 Å². The van der Waals surface area contributed by atoms with Crippen molar-refractivity contribution in [1.29, 1.82) is 0 Å². The Balaban J connectivity index is 1.91. The van der Waals surface area contributed by atoms with Gasteiger partial charge in [0.15, 0.2) is 0 Å². The highest BCUT2D eigenvalue weighted by molar-refractivity contribution is 5.70. The van der Waals surface area contributed by atoms with E-state index < -0.39 is 5.97 Å². The minimum atomic E-state index is -0.698. The van der Waals surface area contributed by atoms with Gasteiger partial charge in [0.25, 0.3) is 0 Å². The van der Waals surface area contributed by atoms with E-state index in [-0.39, 0.29) is 5.92 Å². The molecule has 1 atom stereocenters. The number of fused-ring (bicyclic) bond motifs is 1. The first-order valence-electron chi connectivity index (χ1n) is 5.40. The molecule has 2 heterocycles. The molecule has 0 saturated heterocycles. The molecule has 1 aliphatic heterocycles. The highest BCUT2D eigenvalue weighted by Gasteiger charge is 2.34. The molecule has 0 aromatic carbocycles. The smallest absolute Gasteiger partial charge is 0.308 e. The van der Waals surface area contributed by atoms with Gasteiger partial charge in [0.1, 0.15) is 11.6 Å². The van der Waals surface area contributed by atoms with Crippen molar-refractivity contribution in [3.8, 4) is 0 Å². The summed E-state index contributed by atoms with van der Waals surface area (Å²) < 4.78 is 2.03. The van der Waals surface area contributed by atoms with Crippen molar-refractivity contribution in [3.63, 3.8) is 0 Å². The Kier molecular flexibility index (Phi) is 1.81. The predicted octanol–water partition coefficient (Wildman–Crippen LogP) is 0.802. The molecule has 0 radical (unpaired) electrons. The SMILES string of the molecule is O=C(O)[C@H]1CCc2nnc(C3CC3)n2C1. The van der Waals surface area contributed by atoms with Gasteiger partial charge in [0.05, 0.1) is 5.92 Å². The van der Waals surface area contributed by atoms with Crippen LogP contribution in [0.1, 0.15) is 36.8 Å². The van der Waals surface area contributed by atoms with Crippen LogP contribution in [0, 0.1) is 5.92 Å². The standard InChI is InChI=1S/C10H13N3O2/c14-10(15)7-3-4-8-11-12-9(6-1-2-6)13(8)5-7/h6-7H,1-5H2,(H,14,15)/t7-/m0/s1. The van der Waals surface area contributed by atoms with E-state index >= 15 is 0 Å². The van der Waals surface area contributed by atoms with Gasteiger partial charge in [-0.3, -0.25) is 4.79 Å². The normalized spacial score (nSPS) is 24.9. The monoisotopic (exact) mass is 207 g/mol. The average Bonchev–Trinajstić information content (AvgIpc) is 2.98. The minimum Gasteiger partial charge on any atom is -0.481 e. The second kappa shape index (κ2) is 3.05. The molecule has 2 aliphatic rings. The number of aromatic nitrogens is 3. The molecule has 15 heavy (non-hydrogen) atoms. The highest BCUT2D eigenvalue weighted by atomic mass is 16.4. The van der Waals surface area contributed by atoms with Gasteiger partial charge in [0, 0.05) is 18.9 Å². The van der Waals surface area contributed by atoms with Crippen molar-refractivity contribution in [2.45, 2.75) is 38.1 Å². The van der Waals surface area contributed by atoms with E-state index in [1.54, 1.807) is 0 Å². The number of carbonyl (C=O) groups is 1. The number of aryl methyl sites for hydroxylation is 1. The van der Waals surface area contributed by atoms with Crippen LogP contribution >= 0.6 is 0 Å². The number of hydrogen-bond acceptors (Lipinski definition) is 3. The number of carboxylic acid groups (broad SMARTS) is 1. The van der Waals surface area contributed by atoms with E-state index in [4.69, 9.17) is 5.11 Å². The lowest BCUT2D eigenvalue weighted by atomic mass is 9.99. The molecule has 3 rings (SSSR count). The Morgan fingerprint density at radius 3 is 2.80 bits per heavy atom. The summed E-state index contributed by atoms with van der Waals surface area (Å²) in [6, 6.07) is 0. The summed E-state index contributed by atoms with van der Waals surface area (Å²) >= 11 is 0. The zero-order valence-electron chi connectivity index (χ0n) is 8.39. The van der Waals surface area contributed by atoms with Crippen LogP contribution in [0.5, 0.6) is 0 Å². The molecule has 5 nitrogen and oxygen atoms in total. The van der Waals surface area contributed by atoms with Gasteiger partial charge >= 0.3 is 5.97 Å². The quantitative estimate of drug-likeness (QED) is 0.779. The van der Waals surface area contributed by atoms with E-state index in [9.17, 15) is 4.79 Å². The molecular formula is C10H13N3O2. The second-order valence-corrected chi connectivity index (χ2v) is 4.43. The number of aliphatic carboxylic acids is 1. The summed E-state index contributed by atoms with van der Waals surface area (Å²) in [4.78, 5) is 10.9. The first-order valence-corrected chi connectivity index (χ1v) is 5.40. The van der Waals surface area contributed by atoms with Gasteiger partial charge in [-0.1, -0.05) is 0 Å². The molecule has 80 valence electrons. The Bertz CT molecular complexity index is 409. The molecular weight excluding hydrogens is 194 g/mol. The molecule has 1 aromatic heterocycles. The van der Waals surface area contributed by atoms with Gasteiger partial charge < -0.3 is 9.67 Å². The average molecular weight is 207 g/mol. The summed E-state index contributed by atoms with van der Waals surface area (Å²) in [5.74, 6) is 1.56. The topological polar surface area (TPSA) is 68.0 Å². The Morgan fingerprint density at radius 2 is 2.13 bits per heavy atom. The third-order valence-corrected chi connectivity index (χ3v) is 3.27. The Hall–Kier alpha value is -1.39. The lowest BCUT2D eigenvalue weighted by Crippen LogP contribution is -2.27. The van der Waals surface area contributed by atoms with Crippen molar-refractivity contribution < 1.29 is 9.90 Å². The third kappa shape index (κ3) is 1.42. The zero-order chi connectivity index (χ0) is 10.4. The van der Waals surface area contributed by atoms with Crippen LogP contribution in [0.15, 0.2) is 0 Å². The number of nitrogens with zero attached hydrogens (tertiary/aromatic N) is 3. The Labute approximate surface area is 87.1 Å². The van der Waals surface area contributed by atoms with Crippen molar-refractivity contribution in [3.05, 3.63) is 11.6 Å². The van der Waals surface area contributed by atoms with E-state index in [1.165, 1.54) is 12.8 Å². The Morgan fingerprint density at radius 1 is 1.33 bits per heavy atom. The van der Waals surface area contributed by atoms with Crippen molar-refractivity contribution in [2.75, 3.05) is 0 Å². The van der Waals surface area contributed by atoms with Gasteiger partial charge in [0.2, 0.25) is 0 Å². The molecule has 0 unspecified atom stereocenters. The van der Waals surface area contributed by atoms with E-state index in [2.05, 4.69) is 10.2 Å².